The molecule has 0 aliphatic heterocycles. The Hall–Kier alpha value is -4.50. The van der Waals surface area contributed by atoms with Crippen molar-refractivity contribution in [2.24, 2.45) is 10.8 Å². The van der Waals surface area contributed by atoms with Crippen LogP contribution >= 0.6 is 0 Å². The summed E-state index contributed by atoms with van der Waals surface area (Å²) < 4.78 is 0. The fourth-order valence-corrected chi connectivity index (χ4v) is 6.20. The average Bonchev–Trinajstić information content (AvgIpc) is 3.08. The van der Waals surface area contributed by atoms with E-state index in [1.165, 1.54) is 28.0 Å². The van der Waals surface area contributed by atoms with Crippen LogP contribution in [0.5, 0.6) is 0 Å². The number of anilines is 5. The van der Waals surface area contributed by atoms with Gasteiger partial charge in [0.25, 0.3) is 0 Å². The van der Waals surface area contributed by atoms with E-state index >= 15 is 0 Å². The molecule has 0 radical (unpaired) electrons. The summed E-state index contributed by atoms with van der Waals surface area (Å²) in [5.41, 5.74) is 14.4. The Morgan fingerprint density at radius 1 is 0.731 bits per heavy atom. The minimum absolute atomic E-state index is 0.00656. The molecule has 278 valence electrons. The van der Waals surface area contributed by atoms with Gasteiger partial charge in [-0.15, -0.1) is 0 Å². The van der Waals surface area contributed by atoms with E-state index in [0.29, 0.717) is 0 Å². The Morgan fingerprint density at radius 2 is 1.25 bits per heavy atom. The van der Waals surface area contributed by atoms with Gasteiger partial charge in [-0.2, -0.15) is 0 Å². The maximum absolute atomic E-state index is 4.21. The lowest BCUT2D eigenvalue weighted by Gasteiger charge is -2.32. The van der Waals surface area contributed by atoms with Gasteiger partial charge in [-0.05, 0) is 141 Å². The average molecular weight is 698 g/mol. The van der Waals surface area contributed by atoms with Crippen molar-refractivity contribution in [3.63, 3.8) is 0 Å². The van der Waals surface area contributed by atoms with E-state index in [2.05, 4.69) is 202 Å². The molecule has 3 heteroatoms. The molecule has 0 fully saturated rings. The third-order valence-electron chi connectivity index (χ3n) is 9.09. The van der Waals surface area contributed by atoms with Crippen LogP contribution in [0.3, 0.4) is 0 Å². The van der Waals surface area contributed by atoms with Gasteiger partial charge in [-0.3, -0.25) is 0 Å². The fourth-order valence-electron chi connectivity index (χ4n) is 6.20. The van der Waals surface area contributed by atoms with Crippen LogP contribution in [0.15, 0.2) is 144 Å². The summed E-state index contributed by atoms with van der Waals surface area (Å²) in [7, 11) is 0. The van der Waals surface area contributed by atoms with Crippen molar-refractivity contribution in [1.29, 1.82) is 0 Å². The van der Waals surface area contributed by atoms with Crippen LogP contribution in [0.2, 0.25) is 0 Å². The Morgan fingerprint density at radius 3 is 1.71 bits per heavy atom. The van der Waals surface area contributed by atoms with E-state index in [1.54, 1.807) is 0 Å². The molecule has 0 saturated heterocycles. The summed E-state index contributed by atoms with van der Waals surface area (Å²) in [4.78, 5) is 4.82. The minimum atomic E-state index is 0.00656. The van der Waals surface area contributed by atoms with Crippen molar-refractivity contribution in [2.75, 3.05) is 28.2 Å². The summed E-state index contributed by atoms with van der Waals surface area (Å²) >= 11 is 0. The predicted molar refractivity (Wildman–Crippen MR) is 233 cm³/mol. The first-order valence-corrected chi connectivity index (χ1v) is 19.1. The van der Waals surface area contributed by atoms with Crippen LogP contribution < -0.4 is 15.1 Å². The van der Waals surface area contributed by atoms with Gasteiger partial charge in [0.05, 0.1) is 5.70 Å². The van der Waals surface area contributed by atoms with Crippen molar-refractivity contribution in [2.45, 2.75) is 102 Å². The molecule has 0 unspecified atom stereocenters. The fraction of sp³-hybridized carbons (Fsp3) is 0.388. The molecule has 0 bridgehead atoms. The van der Waals surface area contributed by atoms with E-state index in [0.717, 1.165) is 71.9 Å². The Bertz CT molecular complexity index is 1750. The highest BCUT2D eigenvalue weighted by molar-refractivity contribution is 5.75. The summed E-state index contributed by atoms with van der Waals surface area (Å²) in [5, 5.41) is 3.44. The van der Waals surface area contributed by atoms with Gasteiger partial charge in [0, 0.05) is 41.5 Å². The molecule has 1 N–H and O–H groups in total. The molecule has 52 heavy (non-hydrogen) atoms. The van der Waals surface area contributed by atoms with Crippen LogP contribution in [0.1, 0.15) is 101 Å². The largest absolute Gasteiger partial charge is 0.385 e. The molecule has 0 aromatic heterocycles. The normalized spacial score (nSPS) is 13.4. The first kappa shape index (κ1) is 41.9. The monoisotopic (exact) mass is 698 g/mol. The third kappa shape index (κ3) is 12.3. The zero-order valence-electron chi connectivity index (χ0n) is 34.6. The van der Waals surface area contributed by atoms with Crippen LogP contribution in [-0.2, 0) is 6.42 Å². The first-order valence-electron chi connectivity index (χ1n) is 19.1. The SMILES string of the molecule is C=C/C(C)=C(\C(C)=C/CC(C)(C)C)N(c1ccc(CCC)cc1)c1ccc(N(C/C(C)=C\C(=C/C(=C)C)C(C)(C)C)c2ccc(NCC)cc2)cc1. The van der Waals surface area contributed by atoms with Gasteiger partial charge in [0.2, 0.25) is 0 Å². The van der Waals surface area contributed by atoms with Crippen molar-refractivity contribution < 1.29 is 0 Å². The molecular formula is C49H67N3. The highest BCUT2D eigenvalue weighted by atomic mass is 15.2. The van der Waals surface area contributed by atoms with E-state index in [9.17, 15) is 0 Å². The van der Waals surface area contributed by atoms with E-state index in [4.69, 9.17) is 0 Å². The lowest BCUT2D eigenvalue weighted by atomic mass is 9.84. The van der Waals surface area contributed by atoms with Crippen LogP contribution in [0, 0.1) is 10.8 Å². The predicted octanol–water partition coefficient (Wildman–Crippen LogP) is 14.7. The lowest BCUT2D eigenvalue weighted by molar-refractivity contribution is 0.419. The molecule has 0 saturated carbocycles. The standard InChI is InChI=1S/C49H67N3/c1-15-18-40-19-23-45(24-20-40)52(47(38(7)16-2)39(8)31-32-48(9,10)11)46-29-27-44(28-30-46)51(43-25-21-42(22-26-43)50-17-3)35-37(6)34-41(33-36(4)5)49(12,13)14/h16,19-31,33-34,50H,2,4,15,17-18,32,35H2,1,3,5-14H3/b37-34-,39-31-,41-33+,47-38+. The van der Waals surface area contributed by atoms with E-state index < -0.39 is 0 Å². The number of benzene rings is 3. The quantitative estimate of drug-likeness (QED) is 0.150. The van der Waals surface area contributed by atoms with E-state index in [1.807, 2.05) is 6.08 Å². The molecule has 3 rings (SSSR count). The number of allylic oxidation sites excluding steroid dienone is 8. The van der Waals surface area contributed by atoms with Gasteiger partial charge in [0.15, 0.2) is 0 Å². The molecule has 0 aliphatic rings. The second-order valence-corrected chi connectivity index (χ2v) is 16.5. The molecule has 0 spiro atoms. The molecule has 0 atom stereocenters. The number of nitrogens with zero attached hydrogens (tertiary/aromatic N) is 2. The molecule has 3 aromatic rings. The van der Waals surface area contributed by atoms with E-state index in [-0.39, 0.29) is 10.8 Å². The third-order valence-corrected chi connectivity index (χ3v) is 9.09. The maximum Gasteiger partial charge on any atom is 0.0516 e. The zero-order valence-corrected chi connectivity index (χ0v) is 34.6. The number of rotatable bonds is 16. The second kappa shape index (κ2) is 18.8. The highest BCUT2D eigenvalue weighted by Gasteiger charge is 2.21. The van der Waals surface area contributed by atoms with Gasteiger partial charge < -0.3 is 15.1 Å². The Kier molecular flexibility index (Phi) is 15.2. The Labute approximate surface area is 318 Å². The smallest absolute Gasteiger partial charge is 0.0516 e. The van der Waals surface area contributed by atoms with Crippen LogP contribution in [0.4, 0.5) is 28.4 Å². The Balaban J connectivity index is 2.20. The molecule has 0 amide bonds. The van der Waals surface area contributed by atoms with Crippen LogP contribution in [-0.4, -0.2) is 13.1 Å². The van der Waals surface area contributed by atoms with Crippen molar-refractivity contribution >= 4 is 28.4 Å². The molecular weight excluding hydrogens is 631 g/mol. The van der Waals surface area contributed by atoms with Gasteiger partial charge in [-0.1, -0.05) is 116 Å². The summed E-state index contributed by atoms with van der Waals surface area (Å²) in [6, 6.07) is 26.9. The summed E-state index contributed by atoms with van der Waals surface area (Å²) in [6.07, 6.45) is 12.1. The highest BCUT2D eigenvalue weighted by Crippen LogP contribution is 2.38. The second-order valence-electron chi connectivity index (χ2n) is 16.5. The molecule has 3 aromatic carbocycles. The van der Waals surface area contributed by atoms with Crippen molar-refractivity contribution in [1.82, 2.24) is 0 Å². The van der Waals surface area contributed by atoms with Crippen molar-refractivity contribution in [3.05, 3.63) is 149 Å². The topological polar surface area (TPSA) is 18.5 Å². The number of hydrogen-bond donors (Lipinski definition) is 1. The molecule has 0 heterocycles. The molecule has 3 nitrogen and oxygen atoms in total. The van der Waals surface area contributed by atoms with Gasteiger partial charge in [0.1, 0.15) is 0 Å². The van der Waals surface area contributed by atoms with Crippen molar-refractivity contribution in [3.8, 4) is 0 Å². The minimum Gasteiger partial charge on any atom is -0.385 e. The van der Waals surface area contributed by atoms with Crippen LogP contribution in [0.25, 0.3) is 0 Å². The number of aryl methyl sites for hydroxylation is 1. The first-order chi connectivity index (χ1) is 24.5. The summed E-state index contributed by atoms with van der Waals surface area (Å²) in [5.74, 6) is 0. The summed E-state index contributed by atoms with van der Waals surface area (Å²) in [6.45, 7) is 36.8. The number of hydrogen-bond acceptors (Lipinski definition) is 3. The molecule has 0 aliphatic carbocycles. The van der Waals surface area contributed by atoms with Gasteiger partial charge in [-0.25, -0.2) is 0 Å². The van der Waals surface area contributed by atoms with Gasteiger partial charge >= 0.3 is 0 Å². The maximum atomic E-state index is 4.21. The lowest BCUT2D eigenvalue weighted by Crippen LogP contribution is -2.21. The zero-order chi connectivity index (χ0) is 38.6. The number of nitrogens with one attached hydrogen (secondary N) is 1.